The molecule has 0 saturated carbocycles. The average molecular weight is 843 g/mol. The number of esters is 2. The number of carbonyl (C=O) groups excluding carboxylic acids is 2. The van der Waals surface area contributed by atoms with Crippen molar-refractivity contribution in [3.05, 3.63) is 36.5 Å². The van der Waals surface area contributed by atoms with Crippen LogP contribution in [0.25, 0.3) is 0 Å². The molecule has 0 heterocycles. The van der Waals surface area contributed by atoms with Gasteiger partial charge in [0, 0.05) is 19.4 Å². The van der Waals surface area contributed by atoms with Crippen LogP contribution in [-0.2, 0) is 23.8 Å². The van der Waals surface area contributed by atoms with E-state index in [1.807, 2.05) is 0 Å². The number of allylic oxidation sites excluding steroid dienone is 6. The minimum Gasteiger partial charge on any atom is -0.462 e. The number of unbranched alkanes of at least 4 members (excludes halogenated alkanes) is 32. The second kappa shape index (κ2) is 51.5. The Hall–Kier alpha value is -1.88. The highest BCUT2D eigenvalue weighted by atomic mass is 16.6. The van der Waals surface area contributed by atoms with Crippen LogP contribution in [0, 0.1) is 0 Å². The fourth-order valence-electron chi connectivity index (χ4n) is 7.65. The van der Waals surface area contributed by atoms with Crippen LogP contribution in [-0.4, -0.2) is 37.9 Å². The Morgan fingerprint density at radius 3 is 1.15 bits per heavy atom. The molecule has 352 valence electrons. The minimum absolute atomic E-state index is 0.0830. The van der Waals surface area contributed by atoms with E-state index < -0.39 is 6.10 Å². The van der Waals surface area contributed by atoms with Gasteiger partial charge in [0.05, 0.1) is 6.61 Å². The lowest BCUT2D eigenvalue weighted by Gasteiger charge is -2.18. The highest BCUT2D eigenvalue weighted by molar-refractivity contribution is 5.70. The second-order valence-corrected chi connectivity index (χ2v) is 17.8. The molecule has 0 aliphatic heterocycles. The molecule has 0 aromatic rings. The standard InChI is InChI=1S/C55H102O5/c1-4-7-10-13-16-19-22-24-26-27-28-29-31-32-34-36-39-42-45-48-54(56)59-52-53(51-58-50-47-44-41-38-21-18-15-12-9-6-3)60-55(57)49-46-43-40-37-35-33-30-25-23-20-17-14-11-8-5-2/h17,20,24-26,30,53H,4-16,18-19,21-23,27-29,31-52H2,1-3H3/b20-17-,26-24-,30-25-. The first kappa shape index (κ1) is 58.1. The van der Waals surface area contributed by atoms with Gasteiger partial charge in [0.15, 0.2) is 6.10 Å². The van der Waals surface area contributed by atoms with Crippen LogP contribution in [0.5, 0.6) is 0 Å². The molecule has 5 heteroatoms. The monoisotopic (exact) mass is 843 g/mol. The van der Waals surface area contributed by atoms with Crippen molar-refractivity contribution in [2.45, 2.75) is 284 Å². The highest BCUT2D eigenvalue weighted by Crippen LogP contribution is 2.15. The van der Waals surface area contributed by atoms with Crippen molar-refractivity contribution >= 4 is 11.9 Å². The first-order chi connectivity index (χ1) is 29.6. The third kappa shape index (κ3) is 48.8. The second-order valence-electron chi connectivity index (χ2n) is 17.8. The lowest BCUT2D eigenvalue weighted by molar-refractivity contribution is -0.163. The number of hydrogen-bond donors (Lipinski definition) is 0. The maximum atomic E-state index is 12.8. The van der Waals surface area contributed by atoms with Crippen molar-refractivity contribution in [3.8, 4) is 0 Å². The van der Waals surface area contributed by atoms with Gasteiger partial charge in [0.1, 0.15) is 6.61 Å². The van der Waals surface area contributed by atoms with E-state index in [-0.39, 0.29) is 25.2 Å². The Kier molecular flexibility index (Phi) is 49.9. The van der Waals surface area contributed by atoms with Gasteiger partial charge in [-0.1, -0.05) is 224 Å². The van der Waals surface area contributed by atoms with E-state index in [2.05, 4.69) is 57.2 Å². The third-order valence-corrected chi connectivity index (χ3v) is 11.6. The van der Waals surface area contributed by atoms with Crippen LogP contribution >= 0.6 is 0 Å². The minimum atomic E-state index is -0.538. The van der Waals surface area contributed by atoms with Gasteiger partial charge < -0.3 is 14.2 Å². The van der Waals surface area contributed by atoms with E-state index in [4.69, 9.17) is 14.2 Å². The fraction of sp³-hybridized carbons (Fsp3) is 0.855. The van der Waals surface area contributed by atoms with E-state index in [9.17, 15) is 9.59 Å². The van der Waals surface area contributed by atoms with Crippen molar-refractivity contribution < 1.29 is 23.8 Å². The maximum absolute atomic E-state index is 12.8. The fourth-order valence-corrected chi connectivity index (χ4v) is 7.65. The Morgan fingerprint density at radius 1 is 0.367 bits per heavy atom. The van der Waals surface area contributed by atoms with Gasteiger partial charge >= 0.3 is 11.9 Å². The Morgan fingerprint density at radius 2 is 0.700 bits per heavy atom. The summed E-state index contributed by atoms with van der Waals surface area (Å²) in [5.74, 6) is -0.402. The first-order valence-corrected chi connectivity index (χ1v) is 26.5. The van der Waals surface area contributed by atoms with E-state index in [0.717, 1.165) is 51.4 Å². The van der Waals surface area contributed by atoms with E-state index >= 15 is 0 Å². The molecule has 0 aliphatic rings. The quantitative estimate of drug-likeness (QED) is 0.0347. The normalized spacial score (nSPS) is 12.4. The molecular formula is C55H102O5. The molecule has 60 heavy (non-hydrogen) atoms. The molecule has 0 amide bonds. The first-order valence-electron chi connectivity index (χ1n) is 26.5. The van der Waals surface area contributed by atoms with Crippen LogP contribution in [0.15, 0.2) is 36.5 Å². The summed E-state index contributed by atoms with van der Waals surface area (Å²) < 4.78 is 17.4. The molecule has 0 bridgehead atoms. The van der Waals surface area contributed by atoms with Crippen molar-refractivity contribution in [1.29, 1.82) is 0 Å². The molecule has 1 unspecified atom stereocenters. The number of rotatable bonds is 49. The molecule has 0 aromatic heterocycles. The smallest absolute Gasteiger partial charge is 0.306 e. The van der Waals surface area contributed by atoms with Gasteiger partial charge in [-0.25, -0.2) is 0 Å². The third-order valence-electron chi connectivity index (χ3n) is 11.6. The van der Waals surface area contributed by atoms with E-state index in [0.29, 0.717) is 19.4 Å². The highest BCUT2D eigenvalue weighted by Gasteiger charge is 2.17. The number of carbonyl (C=O) groups is 2. The molecule has 0 radical (unpaired) electrons. The molecule has 1 atom stereocenters. The van der Waals surface area contributed by atoms with Gasteiger partial charge in [-0.15, -0.1) is 0 Å². The van der Waals surface area contributed by atoms with Gasteiger partial charge in [0.2, 0.25) is 0 Å². The molecule has 0 spiro atoms. The zero-order chi connectivity index (χ0) is 43.5. The molecule has 0 fully saturated rings. The van der Waals surface area contributed by atoms with Gasteiger partial charge in [-0.05, 0) is 77.0 Å². The van der Waals surface area contributed by atoms with Crippen LogP contribution in [0.3, 0.4) is 0 Å². The lowest BCUT2D eigenvalue weighted by Crippen LogP contribution is -2.30. The summed E-state index contributed by atoms with van der Waals surface area (Å²) in [6.45, 7) is 7.82. The van der Waals surface area contributed by atoms with Crippen LogP contribution < -0.4 is 0 Å². The Bertz CT molecular complexity index is 955. The molecule has 0 aliphatic carbocycles. The predicted molar refractivity (Wildman–Crippen MR) is 261 cm³/mol. The van der Waals surface area contributed by atoms with E-state index in [1.54, 1.807) is 0 Å². The van der Waals surface area contributed by atoms with Crippen molar-refractivity contribution in [2.24, 2.45) is 0 Å². The average Bonchev–Trinajstić information content (AvgIpc) is 3.25. The van der Waals surface area contributed by atoms with Crippen LogP contribution in [0.4, 0.5) is 0 Å². The van der Waals surface area contributed by atoms with Crippen molar-refractivity contribution in [1.82, 2.24) is 0 Å². The molecule has 0 aromatic carbocycles. The summed E-state index contributed by atoms with van der Waals surface area (Å²) in [6.07, 6.45) is 61.5. The molecule has 5 nitrogen and oxygen atoms in total. The summed E-state index contributed by atoms with van der Waals surface area (Å²) >= 11 is 0. The van der Waals surface area contributed by atoms with E-state index in [1.165, 1.54) is 193 Å². The molecular weight excluding hydrogens is 741 g/mol. The van der Waals surface area contributed by atoms with Crippen molar-refractivity contribution in [2.75, 3.05) is 19.8 Å². The SMILES string of the molecule is CCCCC/C=C\C/C=C\CCCCCCCC(=O)OC(COCCCCCCCCCCCC)COC(=O)CCCCCCCCCCC/C=C\CCCCCCCC. The summed E-state index contributed by atoms with van der Waals surface area (Å²) in [7, 11) is 0. The van der Waals surface area contributed by atoms with Gasteiger partial charge in [-0.2, -0.15) is 0 Å². The molecule has 0 N–H and O–H groups in total. The molecule has 0 saturated heterocycles. The van der Waals surface area contributed by atoms with Gasteiger partial charge in [0.25, 0.3) is 0 Å². The predicted octanol–water partition coefficient (Wildman–Crippen LogP) is 17.8. The largest absolute Gasteiger partial charge is 0.462 e. The van der Waals surface area contributed by atoms with Crippen LogP contribution in [0.1, 0.15) is 278 Å². The summed E-state index contributed by atoms with van der Waals surface area (Å²) in [5.41, 5.74) is 0. The Labute approximate surface area is 374 Å². The zero-order valence-electron chi connectivity index (χ0n) is 40.5. The number of ether oxygens (including phenoxy) is 3. The maximum Gasteiger partial charge on any atom is 0.306 e. The number of hydrogen-bond acceptors (Lipinski definition) is 5. The molecule has 0 rings (SSSR count). The summed E-state index contributed by atoms with van der Waals surface area (Å²) in [6, 6.07) is 0. The van der Waals surface area contributed by atoms with Gasteiger partial charge in [-0.3, -0.25) is 9.59 Å². The summed E-state index contributed by atoms with van der Waals surface area (Å²) in [4.78, 5) is 25.4. The zero-order valence-corrected chi connectivity index (χ0v) is 40.5. The van der Waals surface area contributed by atoms with Crippen molar-refractivity contribution in [3.63, 3.8) is 0 Å². The lowest BCUT2D eigenvalue weighted by atomic mass is 10.1. The van der Waals surface area contributed by atoms with Crippen LogP contribution in [0.2, 0.25) is 0 Å². The summed E-state index contributed by atoms with van der Waals surface area (Å²) in [5, 5.41) is 0. The Balaban J connectivity index is 4.19. The topological polar surface area (TPSA) is 61.8 Å².